The molecule has 7 heteroatoms. The zero-order valence-electron chi connectivity index (χ0n) is 15.0. The average Bonchev–Trinajstić information content (AvgIpc) is 3.12. The normalized spacial score (nSPS) is 12.5. The number of hydrogen-bond acceptors (Lipinski definition) is 4. The Hall–Kier alpha value is -2.70. The predicted molar refractivity (Wildman–Crippen MR) is 107 cm³/mol. The van der Waals surface area contributed by atoms with Crippen LogP contribution in [0.4, 0.5) is 0 Å². The lowest BCUT2D eigenvalue weighted by Gasteiger charge is -2.09. The largest absolute Gasteiger partial charge is 0.352 e. The fourth-order valence-electron chi connectivity index (χ4n) is 3.38. The molecule has 6 nitrogen and oxygen atoms in total. The molecule has 0 unspecified atom stereocenters. The molecule has 0 fully saturated rings. The van der Waals surface area contributed by atoms with Crippen molar-refractivity contribution < 1.29 is 4.79 Å². The molecule has 0 spiro atoms. The number of amides is 1. The molecule has 1 amide bonds. The smallest absolute Gasteiger partial charge is 0.274 e. The van der Waals surface area contributed by atoms with Gasteiger partial charge in [0.05, 0.1) is 17.5 Å². The number of nitrogens with one attached hydrogen (secondary N) is 2. The third-order valence-electron chi connectivity index (χ3n) is 4.75. The van der Waals surface area contributed by atoms with E-state index < -0.39 is 0 Å². The molecular weight excluding hydrogens is 364 g/mol. The molecule has 27 heavy (non-hydrogen) atoms. The number of aromatic nitrogens is 2. The summed E-state index contributed by atoms with van der Waals surface area (Å²) in [5.74, 6) is -0.111. The molecule has 140 valence electrons. The molecule has 2 heterocycles. The Bertz CT molecular complexity index is 1060. The summed E-state index contributed by atoms with van der Waals surface area (Å²) in [5, 5.41) is 11.9. The number of aryl methyl sites for hydroxylation is 1. The summed E-state index contributed by atoms with van der Waals surface area (Å²) in [6.45, 7) is 2.27. The van der Waals surface area contributed by atoms with Crippen LogP contribution in [0.15, 0.2) is 47.3 Å². The maximum absolute atomic E-state index is 12.4. The van der Waals surface area contributed by atoms with E-state index in [1.807, 2.05) is 24.3 Å². The number of fused-ring (bicyclic) bond motifs is 2. The lowest BCUT2D eigenvalue weighted by Crippen LogP contribution is -2.27. The van der Waals surface area contributed by atoms with Crippen LogP contribution >= 0.6 is 12.4 Å². The Labute approximate surface area is 163 Å². The molecule has 0 saturated carbocycles. The fraction of sp³-hybridized carbons (Fsp3) is 0.250. The SMILES string of the molecule is Cl.Cn1nc(CC(=O)NCc2ccc3c(c2)CNC3)c2ccccc2c1=O. The lowest BCUT2D eigenvalue weighted by atomic mass is 10.1. The summed E-state index contributed by atoms with van der Waals surface area (Å²) in [6, 6.07) is 13.6. The number of halogens is 1. The topological polar surface area (TPSA) is 76.0 Å². The zero-order chi connectivity index (χ0) is 18.1. The van der Waals surface area contributed by atoms with Crippen LogP contribution in [-0.4, -0.2) is 15.7 Å². The van der Waals surface area contributed by atoms with Crippen molar-refractivity contribution in [3.05, 3.63) is 75.2 Å². The van der Waals surface area contributed by atoms with Gasteiger partial charge in [-0.3, -0.25) is 9.59 Å². The second-order valence-electron chi connectivity index (χ2n) is 6.58. The Morgan fingerprint density at radius 2 is 1.89 bits per heavy atom. The van der Waals surface area contributed by atoms with Gasteiger partial charge in [-0.25, -0.2) is 4.68 Å². The van der Waals surface area contributed by atoms with Crippen molar-refractivity contribution >= 4 is 29.1 Å². The summed E-state index contributed by atoms with van der Waals surface area (Å²) in [4.78, 5) is 24.6. The Morgan fingerprint density at radius 3 is 2.70 bits per heavy atom. The molecule has 1 aliphatic heterocycles. The van der Waals surface area contributed by atoms with Crippen molar-refractivity contribution in [1.82, 2.24) is 20.4 Å². The number of carbonyl (C=O) groups is 1. The van der Waals surface area contributed by atoms with Gasteiger partial charge in [0.2, 0.25) is 5.91 Å². The van der Waals surface area contributed by atoms with E-state index in [-0.39, 0.29) is 30.3 Å². The van der Waals surface area contributed by atoms with Crippen LogP contribution in [0.2, 0.25) is 0 Å². The van der Waals surface area contributed by atoms with E-state index in [0.29, 0.717) is 17.6 Å². The molecular formula is C20H21ClN4O2. The number of hydrogen-bond donors (Lipinski definition) is 2. The third-order valence-corrected chi connectivity index (χ3v) is 4.75. The van der Waals surface area contributed by atoms with E-state index in [0.717, 1.165) is 24.0 Å². The summed E-state index contributed by atoms with van der Waals surface area (Å²) in [5.41, 5.74) is 4.15. The molecule has 0 saturated heterocycles. The molecule has 0 atom stereocenters. The first-order chi connectivity index (χ1) is 12.6. The van der Waals surface area contributed by atoms with Gasteiger partial charge >= 0.3 is 0 Å². The highest BCUT2D eigenvalue weighted by Crippen LogP contribution is 2.17. The molecule has 4 rings (SSSR count). The van der Waals surface area contributed by atoms with Crippen LogP contribution < -0.4 is 16.2 Å². The third kappa shape index (κ3) is 3.86. The Balaban J connectivity index is 0.00000210. The monoisotopic (exact) mass is 384 g/mol. The minimum absolute atomic E-state index is 0. The first-order valence-corrected chi connectivity index (χ1v) is 8.65. The minimum atomic E-state index is -0.156. The molecule has 1 aliphatic rings. The van der Waals surface area contributed by atoms with Crippen molar-refractivity contribution in [2.24, 2.45) is 7.05 Å². The van der Waals surface area contributed by atoms with Crippen molar-refractivity contribution in [2.75, 3.05) is 0 Å². The predicted octanol–water partition coefficient (Wildman–Crippen LogP) is 1.82. The van der Waals surface area contributed by atoms with Crippen LogP contribution in [0.3, 0.4) is 0 Å². The van der Waals surface area contributed by atoms with Gasteiger partial charge in [-0.15, -0.1) is 12.4 Å². The van der Waals surface area contributed by atoms with Crippen molar-refractivity contribution in [1.29, 1.82) is 0 Å². The number of rotatable bonds is 4. The maximum Gasteiger partial charge on any atom is 0.274 e. The second-order valence-corrected chi connectivity index (χ2v) is 6.58. The quantitative estimate of drug-likeness (QED) is 0.719. The average molecular weight is 385 g/mol. The summed E-state index contributed by atoms with van der Waals surface area (Å²) < 4.78 is 1.29. The molecule has 2 aromatic carbocycles. The van der Waals surface area contributed by atoms with Crippen molar-refractivity contribution in [2.45, 2.75) is 26.1 Å². The van der Waals surface area contributed by atoms with Gasteiger partial charge in [-0.2, -0.15) is 5.10 Å². The van der Waals surface area contributed by atoms with Crippen LogP contribution in [0.1, 0.15) is 22.4 Å². The van der Waals surface area contributed by atoms with Crippen LogP contribution in [0.25, 0.3) is 10.8 Å². The van der Waals surface area contributed by atoms with Crippen LogP contribution in [0, 0.1) is 0 Å². The van der Waals surface area contributed by atoms with E-state index in [1.54, 1.807) is 13.1 Å². The lowest BCUT2D eigenvalue weighted by molar-refractivity contribution is -0.120. The Kier molecular flexibility index (Phi) is 5.58. The first-order valence-electron chi connectivity index (χ1n) is 8.65. The zero-order valence-corrected chi connectivity index (χ0v) is 15.8. The van der Waals surface area contributed by atoms with Gasteiger partial charge in [0.1, 0.15) is 0 Å². The first kappa shape index (κ1) is 19.1. The number of carbonyl (C=O) groups excluding carboxylic acids is 1. The van der Waals surface area contributed by atoms with Gasteiger partial charge < -0.3 is 10.6 Å². The molecule has 0 aliphatic carbocycles. The van der Waals surface area contributed by atoms with Gasteiger partial charge in [0, 0.05) is 32.1 Å². The van der Waals surface area contributed by atoms with Crippen LogP contribution in [-0.2, 0) is 37.9 Å². The highest BCUT2D eigenvalue weighted by molar-refractivity contribution is 5.88. The van der Waals surface area contributed by atoms with E-state index >= 15 is 0 Å². The Morgan fingerprint density at radius 1 is 1.15 bits per heavy atom. The van der Waals surface area contributed by atoms with Crippen LogP contribution in [0.5, 0.6) is 0 Å². The highest BCUT2D eigenvalue weighted by Gasteiger charge is 2.13. The minimum Gasteiger partial charge on any atom is -0.352 e. The maximum atomic E-state index is 12.4. The molecule has 3 aromatic rings. The molecule has 0 radical (unpaired) electrons. The molecule has 1 aromatic heterocycles. The van der Waals surface area contributed by atoms with E-state index in [9.17, 15) is 9.59 Å². The van der Waals surface area contributed by atoms with Gasteiger partial charge in [0.15, 0.2) is 0 Å². The van der Waals surface area contributed by atoms with E-state index in [1.165, 1.54) is 15.8 Å². The number of benzene rings is 2. The summed E-state index contributed by atoms with van der Waals surface area (Å²) in [6.07, 6.45) is 0.140. The highest BCUT2D eigenvalue weighted by atomic mass is 35.5. The molecule has 2 N–H and O–H groups in total. The van der Waals surface area contributed by atoms with Crippen molar-refractivity contribution in [3.8, 4) is 0 Å². The number of nitrogens with zero attached hydrogens (tertiary/aromatic N) is 2. The van der Waals surface area contributed by atoms with E-state index in [2.05, 4.69) is 27.9 Å². The van der Waals surface area contributed by atoms with Gasteiger partial charge in [-0.1, -0.05) is 36.4 Å². The van der Waals surface area contributed by atoms with Gasteiger partial charge in [0.25, 0.3) is 5.56 Å². The summed E-state index contributed by atoms with van der Waals surface area (Å²) in [7, 11) is 1.61. The van der Waals surface area contributed by atoms with Crippen molar-refractivity contribution in [3.63, 3.8) is 0 Å². The standard InChI is InChI=1S/C20H20N4O2.ClH/c1-24-20(26)17-5-3-2-4-16(17)18(23-24)9-19(25)22-10-13-6-7-14-11-21-12-15(14)8-13;/h2-8,21H,9-12H2,1H3,(H,22,25);1H. The van der Waals surface area contributed by atoms with E-state index in [4.69, 9.17) is 0 Å². The fourth-order valence-corrected chi connectivity index (χ4v) is 3.38. The summed E-state index contributed by atoms with van der Waals surface area (Å²) >= 11 is 0. The molecule has 0 bridgehead atoms. The second kappa shape index (κ2) is 7.90. The van der Waals surface area contributed by atoms with Gasteiger partial charge in [-0.05, 0) is 22.8 Å².